The van der Waals surface area contributed by atoms with Crippen LogP contribution >= 0.6 is 0 Å². The summed E-state index contributed by atoms with van der Waals surface area (Å²) in [5.74, 6) is 0.659. The van der Waals surface area contributed by atoms with Crippen LogP contribution in [0.1, 0.15) is 45.6 Å². The summed E-state index contributed by atoms with van der Waals surface area (Å²) >= 11 is 0. The van der Waals surface area contributed by atoms with Gasteiger partial charge in [0.1, 0.15) is 5.75 Å². The molecule has 0 aromatic heterocycles. The van der Waals surface area contributed by atoms with Gasteiger partial charge in [-0.3, -0.25) is 14.5 Å². The Kier molecular flexibility index (Phi) is 8.13. The highest BCUT2D eigenvalue weighted by Crippen LogP contribution is 2.38. The lowest BCUT2D eigenvalue weighted by Crippen LogP contribution is -2.51. The maximum Gasteiger partial charge on any atom is 0.263 e. The molecule has 0 saturated carbocycles. The summed E-state index contributed by atoms with van der Waals surface area (Å²) in [6, 6.07) is 23.6. The predicted molar refractivity (Wildman–Crippen MR) is 154 cm³/mol. The zero-order valence-electron chi connectivity index (χ0n) is 22.9. The third kappa shape index (κ3) is 5.91. The number of hydrogen-bond acceptors (Lipinski definition) is 4. The van der Waals surface area contributed by atoms with Gasteiger partial charge in [0.05, 0.1) is 6.04 Å². The number of ether oxygens (including phenoxy) is 1. The third-order valence-corrected chi connectivity index (χ3v) is 7.72. The van der Waals surface area contributed by atoms with Crippen molar-refractivity contribution in [1.29, 1.82) is 0 Å². The van der Waals surface area contributed by atoms with Gasteiger partial charge in [-0.2, -0.15) is 0 Å². The number of rotatable bonds is 7. The molecular formula is C33H37N3O3. The lowest BCUT2D eigenvalue weighted by molar-refractivity contribution is -0.139. The Morgan fingerprint density at radius 2 is 1.74 bits per heavy atom. The van der Waals surface area contributed by atoms with Gasteiger partial charge in [0.15, 0.2) is 6.10 Å². The molecule has 3 aromatic carbocycles. The summed E-state index contributed by atoms with van der Waals surface area (Å²) in [6.45, 7) is 12.2. The monoisotopic (exact) mass is 523 g/mol. The second-order valence-corrected chi connectivity index (χ2v) is 10.5. The first-order valence-electron chi connectivity index (χ1n) is 13.8. The van der Waals surface area contributed by atoms with Crippen LogP contribution in [0.4, 0.5) is 0 Å². The fourth-order valence-electron chi connectivity index (χ4n) is 5.68. The van der Waals surface area contributed by atoms with E-state index in [4.69, 9.17) is 4.74 Å². The van der Waals surface area contributed by atoms with Crippen molar-refractivity contribution in [3.63, 3.8) is 0 Å². The number of carbonyl (C=O) groups excluding carboxylic acids is 2. The molecule has 6 nitrogen and oxygen atoms in total. The molecule has 2 heterocycles. The number of fused-ring (bicyclic) bond motifs is 1. The van der Waals surface area contributed by atoms with Gasteiger partial charge in [-0.15, -0.1) is 6.58 Å². The highest BCUT2D eigenvalue weighted by atomic mass is 16.5. The molecule has 202 valence electrons. The minimum Gasteiger partial charge on any atom is -0.481 e. The highest BCUT2D eigenvalue weighted by molar-refractivity contribution is 5.95. The molecular weight excluding hydrogens is 486 g/mol. The lowest BCUT2D eigenvalue weighted by atomic mass is 9.87. The van der Waals surface area contributed by atoms with Gasteiger partial charge in [-0.25, -0.2) is 0 Å². The molecule has 2 unspecified atom stereocenters. The first-order valence-corrected chi connectivity index (χ1v) is 13.8. The van der Waals surface area contributed by atoms with E-state index in [0.29, 0.717) is 30.9 Å². The van der Waals surface area contributed by atoms with E-state index in [0.717, 1.165) is 42.7 Å². The molecule has 1 saturated heterocycles. The second kappa shape index (κ2) is 11.9. The number of aryl methyl sites for hydroxylation is 1. The Hall–Kier alpha value is -3.90. The zero-order chi connectivity index (χ0) is 27.4. The standard InChI is InChI=1S/C33H37N3O3/c1-4-16-34-18-20-35(21-19-34)32(37)25(3)39-29-14-13-26-15-17-36(33(38)27-10-6-5-7-11-27)31(30(26)23-29)28-12-8-9-24(2)22-28/h4-14,22-23,25,31H,1,15-21H2,2-3H3. The topological polar surface area (TPSA) is 53.1 Å². The van der Waals surface area contributed by atoms with Crippen molar-refractivity contribution in [3.05, 3.63) is 113 Å². The second-order valence-electron chi connectivity index (χ2n) is 10.5. The molecule has 2 amide bonds. The third-order valence-electron chi connectivity index (χ3n) is 7.72. The van der Waals surface area contributed by atoms with Crippen LogP contribution < -0.4 is 4.74 Å². The van der Waals surface area contributed by atoms with Crippen molar-refractivity contribution in [2.75, 3.05) is 39.3 Å². The van der Waals surface area contributed by atoms with Crippen molar-refractivity contribution in [2.24, 2.45) is 0 Å². The average molecular weight is 524 g/mol. The van der Waals surface area contributed by atoms with Crippen LogP contribution in [0.25, 0.3) is 0 Å². The summed E-state index contributed by atoms with van der Waals surface area (Å²) in [5.41, 5.74) is 5.14. The number of nitrogens with zero attached hydrogens (tertiary/aromatic N) is 3. The maximum absolute atomic E-state index is 13.7. The van der Waals surface area contributed by atoms with E-state index < -0.39 is 6.10 Å². The first-order chi connectivity index (χ1) is 18.9. The van der Waals surface area contributed by atoms with Crippen LogP contribution in [0.5, 0.6) is 5.75 Å². The van der Waals surface area contributed by atoms with E-state index in [1.165, 1.54) is 5.56 Å². The van der Waals surface area contributed by atoms with Crippen LogP contribution in [0, 0.1) is 6.92 Å². The van der Waals surface area contributed by atoms with Gasteiger partial charge in [0.25, 0.3) is 11.8 Å². The van der Waals surface area contributed by atoms with Gasteiger partial charge < -0.3 is 14.5 Å². The summed E-state index contributed by atoms with van der Waals surface area (Å²) in [5, 5.41) is 0. The molecule has 1 fully saturated rings. The minimum atomic E-state index is -0.600. The van der Waals surface area contributed by atoms with Gasteiger partial charge in [-0.05, 0) is 61.2 Å². The Bertz CT molecular complexity index is 1330. The summed E-state index contributed by atoms with van der Waals surface area (Å²) in [6.07, 6.45) is 2.06. The van der Waals surface area contributed by atoms with Gasteiger partial charge in [0, 0.05) is 44.8 Å². The normalized spacial score (nSPS) is 18.3. The Morgan fingerprint density at radius 1 is 0.974 bits per heavy atom. The van der Waals surface area contributed by atoms with Crippen molar-refractivity contribution in [3.8, 4) is 5.75 Å². The molecule has 5 rings (SSSR count). The van der Waals surface area contributed by atoms with Gasteiger partial charge >= 0.3 is 0 Å². The number of piperazine rings is 1. The summed E-state index contributed by atoms with van der Waals surface area (Å²) < 4.78 is 6.23. The minimum absolute atomic E-state index is 0.00194. The Labute approximate surface area is 231 Å². The number of benzene rings is 3. The van der Waals surface area contributed by atoms with Crippen LogP contribution in [0.15, 0.2) is 85.5 Å². The smallest absolute Gasteiger partial charge is 0.263 e. The Balaban J connectivity index is 1.40. The number of amides is 2. The van der Waals surface area contributed by atoms with Gasteiger partial charge in [0.2, 0.25) is 0 Å². The molecule has 39 heavy (non-hydrogen) atoms. The van der Waals surface area contributed by atoms with Crippen LogP contribution in [-0.2, 0) is 11.2 Å². The van der Waals surface area contributed by atoms with E-state index in [1.54, 1.807) is 0 Å². The van der Waals surface area contributed by atoms with Crippen LogP contribution in [0.2, 0.25) is 0 Å². The molecule has 0 N–H and O–H groups in total. The molecule has 2 aliphatic heterocycles. The molecule has 2 aliphatic rings. The average Bonchev–Trinajstić information content (AvgIpc) is 2.96. The molecule has 0 spiro atoms. The predicted octanol–water partition coefficient (Wildman–Crippen LogP) is 4.88. The largest absolute Gasteiger partial charge is 0.481 e. The van der Waals surface area contributed by atoms with Crippen molar-refractivity contribution in [2.45, 2.75) is 32.4 Å². The molecule has 2 atom stereocenters. The van der Waals surface area contributed by atoms with E-state index in [9.17, 15) is 9.59 Å². The fraction of sp³-hybridized carbons (Fsp3) is 0.333. The lowest BCUT2D eigenvalue weighted by Gasteiger charge is -2.38. The van der Waals surface area contributed by atoms with Crippen LogP contribution in [-0.4, -0.2) is 71.9 Å². The quantitative estimate of drug-likeness (QED) is 0.414. The van der Waals surface area contributed by atoms with Crippen molar-refractivity contribution in [1.82, 2.24) is 14.7 Å². The van der Waals surface area contributed by atoms with E-state index >= 15 is 0 Å². The van der Waals surface area contributed by atoms with Gasteiger partial charge in [-0.1, -0.05) is 60.2 Å². The molecule has 0 bridgehead atoms. The zero-order valence-corrected chi connectivity index (χ0v) is 22.9. The molecule has 0 aliphatic carbocycles. The van der Waals surface area contributed by atoms with E-state index in [-0.39, 0.29) is 17.9 Å². The van der Waals surface area contributed by atoms with E-state index in [2.05, 4.69) is 42.7 Å². The number of carbonyl (C=O) groups is 2. The highest BCUT2D eigenvalue weighted by Gasteiger charge is 2.33. The summed E-state index contributed by atoms with van der Waals surface area (Å²) in [4.78, 5) is 33.0. The van der Waals surface area contributed by atoms with Crippen molar-refractivity contribution < 1.29 is 14.3 Å². The first kappa shape index (κ1) is 26.7. The fourth-order valence-corrected chi connectivity index (χ4v) is 5.68. The molecule has 3 aromatic rings. The number of hydrogen-bond donors (Lipinski definition) is 0. The Morgan fingerprint density at radius 3 is 2.46 bits per heavy atom. The molecule has 6 heteroatoms. The van der Waals surface area contributed by atoms with E-state index in [1.807, 2.05) is 71.3 Å². The SMILES string of the molecule is C=CCN1CCN(C(=O)C(C)Oc2ccc3c(c2)C(c2cccc(C)c2)N(C(=O)c2ccccc2)CC3)CC1. The molecule has 0 radical (unpaired) electrons. The summed E-state index contributed by atoms with van der Waals surface area (Å²) in [7, 11) is 0. The maximum atomic E-state index is 13.7. The van der Waals surface area contributed by atoms with Crippen molar-refractivity contribution >= 4 is 11.8 Å². The van der Waals surface area contributed by atoms with Crippen LogP contribution in [0.3, 0.4) is 0 Å².